The van der Waals surface area contributed by atoms with E-state index in [4.69, 9.17) is 4.98 Å². The van der Waals surface area contributed by atoms with Crippen molar-refractivity contribution in [1.82, 2.24) is 14.9 Å². The lowest BCUT2D eigenvalue weighted by molar-refractivity contribution is -0.140. The number of hydrogen-bond donors (Lipinski definition) is 2. The predicted molar refractivity (Wildman–Crippen MR) is 129 cm³/mol. The van der Waals surface area contributed by atoms with Crippen LogP contribution in [0.1, 0.15) is 81.0 Å². The number of nitrogens with zero attached hydrogens (tertiary/aromatic N) is 2. The standard InChI is InChI=1S/C25H33N3O3S/c1-6-17(7-2)28-21-11-10-16(23(29)27-20(24(30)31)15-25(3,4)5)13-19(21)26-22(28)14-18-9-8-12-32-18/h8-13,17,20H,6-7,14-15H2,1-5H3,(H,27,29)(H,30,31). The molecule has 6 nitrogen and oxygen atoms in total. The third-order valence-electron chi connectivity index (χ3n) is 5.66. The predicted octanol–water partition coefficient (Wildman–Crippen LogP) is 5.67. The maximum atomic E-state index is 12.9. The van der Waals surface area contributed by atoms with Gasteiger partial charge < -0.3 is 15.0 Å². The van der Waals surface area contributed by atoms with Gasteiger partial charge in [-0.2, -0.15) is 0 Å². The summed E-state index contributed by atoms with van der Waals surface area (Å²) < 4.78 is 2.30. The van der Waals surface area contributed by atoms with Gasteiger partial charge in [0.05, 0.1) is 11.0 Å². The first-order valence-corrected chi connectivity index (χ1v) is 12.1. The summed E-state index contributed by atoms with van der Waals surface area (Å²) in [5.74, 6) is -0.420. The fourth-order valence-electron chi connectivity index (χ4n) is 4.10. The van der Waals surface area contributed by atoms with Crippen LogP contribution in [0.25, 0.3) is 11.0 Å². The van der Waals surface area contributed by atoms with Gasteiger partial charge in [0.25, 0.3) is 5.91 Å². The van der Waals surface area contributed by atoms with Gasteiger partial charge in [-0.15, -0.1) is 11.3 Å². The molecular weight excluding hydrogens is 422 g/mol. The highest BCUT2D eigenvalue weighted by Crippen LogP contribution is 2.28. The van der Waals surface area contributed by atoms with Crippen LogP contribution in [0, 0.1) is 5.41 Å². The number of aliphatic carboxylic acids is 1. The second-order valence-electron chi connectivity index (χ2n) is 9.46. The molecule has 0 aliphatic carbocycles. The van der Waals surface area contributed by atoms with Crippen LogP contribution in [-0.4, -0.2) is 32.6 Å². The van der Waals surface area contributed by atoms with Crippen molar-refractivity contribution in [2.24, 2.45) is 5.41 Å². The summed E-state index contributed by atoms with van der Waals surface area (Å²) in [7, 11) is 0. The molecule has 2 aromatic heterocycles. The number of amides is 1. The molecule has 1 amide bonds. The third-order valence-corrected chi connectivity index (χ3v) is 6.54. The van der Waals surface area contributed by atoms with Gasteiger partial charge in [0.1, 0.15) is 11.9 Å². The average molecular weight is 456 g/mol. The van der Waals surface area contributed by atoms with Gasteiger partial charge in [-0.3, -0.25) is 4.79 Å². The SMILES string of the molecule is CCC(CC)n1c(Cc2cccs2)nc2cc(C(=O)NC(CC(C)(C)C)C(=O)O)ccc21. The molecule has 2 N–H and O–H groups in total. The number of imidazole rings is 1. The lowest BCUT2D eigenvalue weighted by Gasteiger charge is -2.24. The average Bonchev–Trinajstić information content (AvgIpc) is 3.35. The zero-order valence-corrected chi connectivity index (χ0v) is 20.3. The molecule has 0 aliphatic rings. The van der Waals surface area contributed by atoms with Crippen molar-refractivity contribution in [3.8, 4) is 0 Å². The van der Waals surface area contributed by atoms with Crippen LogP contribution in [0.3, 0.4) is 0 Å². The molecular formula is C25H33N3O3S. The minimum absolute atomic E-state index is 0.217. The van der Waals surface area contributed by atoms with E-state index in [-0.39, 0.29) is 11.3 Å². The van der Waals surface area contributed by atoms with E-state index in [2.05, 4.69) is 35.2 Å². The summed E-state index contributed by atoms with van der Waals surface area (Å²) in [5.41, 5.74) is 1.98. The Morgan fingerprint density at radius 1 is 1.19 bits per heavy atom. The van der Waals surface area contributed by atoms with Crippen molar-refractivity contribution in [2.45, 2.75) is 72.4 Å². The largest absolute Gasteiger partial charge is 0.480 e. The molecule has 1 aromatic carbocycles. The van der Waals surface area contributed by atoms with Gasteiger partial charge in [0.2, 0.25) is 0 Å². The van der Waals surface area contributed by atoms with Crippen molar-refractivity contribution >= 4 is 34.2 Å². The number of fused-ring (bicyclic) bond motifs is 1. The van der Waals surface area contributed by atoms with Crippen molar-refractivity contribution in [3.05, 3.63) is 52.0 Å². The van der Waals surface area contributed by atoms with Crippen molar-refractivity contribution < 1.29 is 14.7 Å². The van der Waals surface area contributed by atoms with E-state index in [1.165, 1.54) is 4.88 Å². The smallest absolute Gasteiger partial charge is 0.326 e. The Balaban J connectivity index is 1.95. The topological polar surface area (TPSA) is 84.2 Å². The van der Waals surface area contributed by atoms with Crippen molar-refractivity contribution in [2.75, 3.05) is 0 Å². The van der Waals surface area contributed by atoms with Crippen molar-refractivity contribution in [3.63, 3.8) is 0 Å². The monoisotopic (exact) mass is 455 g/mol. The molecule has 1 unspecified atom stereocenters. The summed E-state index contributed by atoms with van der Waals surface area (Å²) >= 11 is 1.71. The molecule has 0 spiro atoms. The maximum absolute atomic E-state index is 12.9. The number of hydrogen-bond acceptors (Lipinski definition) is 4. The lowest BCUT2D eigenvalue weighted by atomic mass is 9.88. The Labute approximate surface area is 193 Å². The minimum Gasteiger partial charge on any atom is -0.480 e. The molecule has 3 rings (SSSR count). The number of carboxylic acid groups (broad SMARTS) is 1. The third kappa shape index (κ3) is 5.57. The summed E-state index contributed by atoms with van der Waals surface area (Å²) in [6.07, 6.45) is 3.09. The van der Waals surface area contributed by atoms with E-state index in [9.17, 15) is 14.7 Å². The number of benzene rings is 1. The quantitative estimate of drug-likeness (QED) is 0.435. The van der Waals surface area contributed by atoms with Crippen LogP contribution in [0.4, 0.5) is 0 Å². The van der Waals surface area contributed by atoms with Crippen LogP contribution in [-0.2, 0) is 11.2 Å². The van der Waals surface area contributed by atoms with E-state index in [0.29, 0.717) is 18.0 Å². The summed E-state index contributed by atoms with van der Waals surface area (Å²) in [4.78, 5) is 30.7. The van der Waals surface area contributed by atoms with E-state index in [1.54, 1.807) is 23.5 Å². The summed E-state index contributed by atoms with van der Waals surface area (Å²) in [6, 6.07) is 9.03. The first kappa shape index (κ1) is 24.0. The number of carboxylic acids is 1. The fourth-order valence-corrected chi connectivity index (χ4v) is 4.80. The first-order valence-electron chi connectivity index (χ1n) is 11.2. The highest BCUT2D eigenvalue weighted by atomic mass is 32.1. The fraction of sp³-hybridized carbons (Fsp3) is 0.480. The number of rotatable bonds is 9. The van der Waals surface area contributed by atoms with E-state index in [1.807, 2.05) is 32.9 Å². The second-order valence-corrected chi connectivity index (χ2v) is 10.5. The number of thiophene rings is 1. The zero-order valence-electron chi connectivity index (χ0n) is 19.5. The van der Waals surface area contributed by atoms with Gasteiger partial charge in [-0.1, -0.05) is 40.7 Å². The van der Waals surface area contributed by atoms with Crippen LogP contribution in [0.5, 0.6) is 0 Å². The van der Waals surface area contributed by atoms with Crippen molar-refractivity contribution in [1.29, 1.82) is 0 Å². The van der Waals surface area contributed by atoms with Crippen LogP contribution in [0.15, 0.2) is 35.7 Å². The number of carbonyl (C=O) groups excluding carboxylic acids is 1. The number of aromatic nitrogens is 2. The molecule has 0 radical (unpaired) electrons. The van der Waals surface area contributed by atoms with Gasteiger partial charge in [-0.05, 0) is 54.3 Å². The molecule has 2 heterocycles. The molecule has 0 saturated carbocycles. The Bertz CT molecular complexity index is 1080. The molecule has 172 valence electrons. The molecule has 0 saturated heterocycles. The molecule has 32 heavy (non-hydrogen) atoms. The molecule has 7 heteroatoms. The maximum Gasteiger partial charge on any atom is 0.326 e. The number of nitrogens with one attached hydrogen (secondary N) is 1. The normalized spacial score (nSPS) is 12.9. The number of carbonyl (C=O) groups is 2. The second kappa shape index (κ2) is 9.86. The van der Waals surface area contributed by atoms with Crippen LogP contribution >= 0.6 is 11.3 Å². The Hall–Kier alpha value is -2.67. The first-order chi connectivity index (χ1) is 15.1. The van der Waals surface area contributed by atoms with Gasteiger partial charge in [0, 0.05) is 22.9 Å². The lowest BCUT2D eigenvalue weighted by Crippen LogP contribution is -2.43. The van der Waals surface area contributed by atoms with Gasteiger partial charge >= 0.3 is 5.97 Å². The highest BCUT2D eigenvalue weighted by Gasteiger charge is 2.27. The molecule has 3 aromatic rings. The van der Waals surface area contributed by atoms with E-state index < -0.39 is 12.0 Å². The van der Waals surface area contributed by atoms with Gasteiger partial charge in [-0.25, -0.2) is 9.78 Å². The Kier molecular flexibility index (Phi) is 7.39. The van der Waals surface area contributed by atoms with E-state index in [0.717, 1.165) is 36.1 Å². The molecule has 0 bridgehead atoms. The van der Waals surface area contributed by atoms with Gasteiger partial charge in [0.15, 0.2) is 0 Å². The van der Waals surface area contributed by atoms with E-state index >= 15 is 0 Å². The highest BCUT2D eigenvalue weighted by molar-refractivity contribution is 7.09. The van der Waals surface area contributed by atoms with Crippen LogP contribution < -0.4 is 5.32 Å². The molecule has 0 aliphatic heterocycles. The molecule has 0 fully saturated rings. The summed E-state index contributed by atoms with van der Waals surface area (Å²) in [5, 5.41) is 14.3. The molecule has 1 atom stereocenters. The minimum atomic E-state index is -1.02. The Morgan fingerprint density at radius 3 is 2.47 bits per heavy atom. The van der Waals surface area contributed by atoms with Crippen LogP contribution in [0.2, 0.25) is 0 Å². The summed E-state index contributed by atoms with van der Waals surface area (Å²) in [6.45, 7) is 10.2. The Morgan fingerprint density at radius 2 is 1.91 bits per heavy atom. The zero-order chi connectivity index (χ0) is 23.5.